The lowest BCUT2D eigenvalue weighted by atomic mass is 10.1. The summed E-state index contributed by atoms with van der Waals surface area (Å²) in [7, 11) is -3.90. The molecule has 3 rings (SSSR count). The van der Waals surface area contributed by atoms with Gasteiger partial charge in [-0.15, -0.1) is 0 Å². The van der Waals surface area contributed by atoms with Crippen molar-refractivity contribution in [3.63, 3.8) is 0 Å². The van der Waals surface area contributed by atoms with Crippen molar-refractivity contribution in [2.75, 3.05) is 4.72 Å². The van der Waals surface area contributed by atoms with Gasteiger partial charge in [0.2, 0.25) is 0 Å². The second-order valence-electron chi connectivity index (χ2n) is 6.26. The smallest absolute Gasteiger partial charge is 0.267 e. The van der Waals surface area contributed by atoms with Crippen LogP contribution in [-0.4, -0.2) is 25.5 Å². The van der Waals surface area contributed by atoms with Gasteiger partial charge in [0.25, 0.3) is 15.9 Å². The zero-order valence-corrected chi connectivity index (χ0v) is 15.0. The van der Waals surface area contributed by atoms with E-state index in [0.717, 1.165) is 25.7 Å². The van der Waals surface area contributed by atoms with Gasteiger partial charge < -0.3 is 9.84 Å². The normalized spacial score (nSPS) is 15.3. The minimum absolute atomic E-state index is 0.00139. The lowest BCUT2D eigenvalue weighted by Crippen LogP contribution is -2.33. The third-order valence-electron chi connectivity index (χ3n) is 4.34. The number of nitrogens with one attached hydrogen (secondary N) is 2. The molecular formula is C17H21N3O4S. The Morgan fingerprint density at radius 2 is 1.88 bits per heavy atom. The summed E-state index contributed by atoms with van der Waals surface area (Å²) in [6.45, 7) is 3.09. The fourth-order valence-corrected chi connectivity index (χ4v) is 4.57. The quantitative estimate of drug-likeness (QED) is 0.850. The summed E-state index contributed by atoms with van der Waals surface area (Å²) in [5.74, 6) is -0.0677. The van der Waals surface area contributed by atoms with Crippen molar-refractivity contribution in [3.8, 4) is 0 Å². The Morgan fingerprint density at radius 1 is 1.20 bits per heavy atom. The number of para-hydroxylation sites is 1. The largest absolute Gasteiger partial charge is 0.360 e. The molecule has 2 N–H and O–H groups in total. The first-order chi connectivity index (χ1) is 11.9. The van der Waals surface area contributed by atoms with Gasteiger partial charge in [0.05, 0.1) is 11.3 Å². The fourth-order valence-electron chi connectivity index (χ4n) is 3.16. The van der Waals surface area contributed by atoms with Crippen LogP contribution < -0.4 is 10.0 Å². The Balaban J connectivity index is 1.87. The van der Waals surface area contributed by atoms with E-state index in [9.17, 15) is 13.2 Å². The molecule has 1 fully saturated rings. The molecule has 8 heteroatoms. The minimum Gasteiger partial charge on any atom is -0.360 e. The van der Waals surface area contributed by atoms with Gasteiger partial charge in [0.15, 0.2) is 10.7 Å². The molecule has 25 heavy (non-hydrogen) atoms. The van der Waals surface area contributed by atoms with Crippen LogP contribution >= 0.6 is 0 Å². The highest BCUT2D eigenvalue weighted by atomic mass is 32.2. The molecule has 0 saturated heterocycles. The molecule has 134 valence electrons. The number of sulfonamides is 1. The van der Waals surface area contributed by atoms with Gasteiger partial charge in [-0.2, -0.15) is 0 Å². The molecule has 1 saturated carbocycles. The zero-order chi connectivity index (χ0) is 18.0. The molecule has 0 spiro atoms. The third kappa shape index (κ3) is 3.68. The lowest BCUT2D eigenvalue weighted by Gasteiger charge is -2.15. The Labute approximate surface area is 146 Å². The first-order valence-electron chi connectivity index (χ1n) is 8.24. The molecular weight excluding hydrogens is 342 g/mol. The number of aryl methyl sites for hydroxylation is 2. The highest BCUT2D eigenvalue weighted by molar-refractivity contribution is 7.92. The lowest BCUT2D eigenvalue weighted by molar-refractivity contribution is 0.0939. The van der Waals surface area contributed by atoms with E-state index in [1.54, 1.807) is 31.2 Å². The van der Waals surface area contributed by atoms with Crippen molar-refractivity contribution < 1.29 is 17.7 Å². The van der Waals surface area contributed by atoms with Gasteiger partial charge in [-0.25, -0.2) is 8.42 Å². The van der Waals surface area contributed by atoms with Gasteiger partial charge in [-0.05, 0) is 38.8 Å². The molecule has 0 radical (unpaired) electrons. The van der Waals surface area contributed by atoms with E-state index in [1.807, 2.05) is 0 Å². The molecule has 1 aliphatic carbocycles. The number of carbonyl (C=O) groups excluding carboxylic acids is 1. The SMILES string of the molecule is Cc1noc(C)c1S(=O)(=O)Nc1ccccc1C(=O)NC1CCCC1. The number of aromatic nitrogens is 1. The van der Waals surface area contributed by atoms with Crippen LogP contribution in [0.3, 0.4) is 0 Å². The number of anilines is 1. The van der Waals surface area contributed by atoms with Crippen molar-refractivity contribution in [3.05, 3.63) is 41.3 Å². The van der Waals surface area contributed by atoms with E-state index in [1.165, 1.54) is 6.92 Å². The van der Waals surface area contributed by atoms with Crippen LogP contribution in [0.4, 0.5) is 5.69 Å². The third-order valence-corrected chi connectivity index (χ3v) is 5.95. The number of rotatable bonds is 5. The van der Waals surface area contributed by atoms with Gasteiger partial charge >= 0.3 is 0 Å². The number of benzene rings is 1. The monoisotopic (exact) mass is 363 g/mol. The van der Waals surface area contributed by atoms with Crippen molar-refractivity contribution >= 4 is 21.6 Å². The number of amides is 1. The molecule has 7 nitrogen and oxygen atoms in total. The van der Waals surface area contributed by atoms with E-state index in [0.29, 0.717) is 5.56 Å². The van der Waals surface area contributed by atoms with Crippen molar-refractivity contribution in [2.45, 2.75) is 50.5 Å². The van der Waals surface area contributed by atoms with Crippen LogP contribution in [-0.2, 0) is 10.0 Å². The molecule has 2 aromatic rings. The summed E-state index contributed by atoms with van der Waals surface area (Å²) in [5, 5.41) is 6.65. The first-order valence-corrected chi connectivity index (χ1v) is 9.72. The Bertz CT molecular complexity index is 864. The molecule has 0 unspecified atom stereocenters. The van der Waals surface area contributed by atoms with Crippen molar-refractivity contribution in [2.24, 2.45) is 0 Å². The average Bonchev–Trinajstić information content (AvgIpc) is 3.17. The average molecular weight is 363 g/mol. The Kier molecular flexibility index (Phi) is 4.80. The minimum atomic E-state index is -3.90. The maximum absolute atomic E-state index is 12.7. The maximum Gasteiger partial charge on any atom is 0.267 e. The van der Waals surface area contributed by atoms with Gasteiger partial charge in [-0.3, -0.25) is 9.52 Å². The standard InChI is InChI=1S/C17H21N3O4S/c1-11-16(12(2)24-19-11)25(22,23)20-15-10-6-5-9-14(15)17(21)18-13-7-3-4-8-13/h5-6,9-10,13,20H,3-4,7-8H2,1-2H3,(H,18,21). The van der Waals surface area contributed by atoms with Crippen LogP contribution in [0.2, 0.25) is 0 Å². The number of carbonyl (C=O) groups is 1. The van der Waals surface area contributed by atoms with Gasteiger partial charge in [0, 0.05) is 6.04 Å². The van der Waals surface area contributed by atoms with Crippen LogP contribution in [0.1, 0.15) is 47.5 Å². The summed E-state index contributed by atoms with van der Waals surface area (Å²) < 4.78 is 32.8. The van der Waals surface area contributed by atoms with Crippen molar-refractivity contribution in [1.82, 2.24) is 10.5 Å². The molecule has 1 aromatic carbocycles. The molecule has 0 bridgehead atoms. The van der Waals surface area contributed by atoms with E-state index >= 15 is 0 Å². The molecule has 1 heterocycles. The van der Waals surface area contributed by atoms with Crippen LogP contribution in [0.25, 0.3) is 0 Å². The van der Waals surface area contributed by atoms with Crippen molar-refractivity contribution in [1.29, 1.82) is 0 Å². The molecule has 0 aliphatic heterocycles. The first kappa shape index (κ1) is 17.5. The fraction of sp³-hybridized carbons (Fsp3) is 0.412. The Morgan fingerprint density at radius 3 is 2.52 bits per heavy atom. The molecule has 1 aromatic heterocycles. The van der Waals surface area contributed by atoms with E-state index in [-0.39, 0.29) is 34.0 Å². The van der Waals surface area contributed by atoms with E-state index in [4.69, 9.17) is 4.52 Å². The highest BCUT2D eigenvalue weighted by Crippen LogP contribution is 2.25. The topological polar surface area (TPSA) is 101 Å². The second kappa shape index (κ2) is 6.87. The number of hydrogen-bond donors (Lipinski definition) is 2. The molecule has 0 atom stereocenters. The summed E-state index contributed by atoms with van der Waals surface area (Å²) >= 11 is 0. The van der Waals surface area contributed by atoms with Gasteiger partial charge in [0.1, 0.15) is 5.69 Å². The van der Waals surface area contributed by atoms with Crippen LogP contribution in [0.5, 0.6) is 0 Å². The predicted octanol–water partition coefficient (Wildman–Crippen LogP) is 2.76. The molecule has 1 aliphatic rings. The predicted molar refractivity (Wildman–Crippen MR) is 92.9 cm³/mol. The summed E-state index contributed by atoms with van der Waals surface area (Å²) in [5.41, 5.74) is 0.806. The second-order valence-corrected chi connectivity index (χ2v) is 7.88. The summed E-state index contributed by atoms with van der Waals surface area (Å²) in [4.78, 5) is 12.5. The Hall–Kier alpha value is -2.35. The summed E-state index contributed by atoms with van der Waals surface area (Å²) in [6.07, 6.45) is 4.12. The molecule has 1 amide bonds. The van der Waals surface area contributed by atoms with Crippen LogP contribution in [0, 0.1) is 13.8 Å². The van der Waals surface area contributed by atoms with E-state index in [2.05, 4.69) is 15.2 Å². The van der Waals surface area contributed by atoms with Crippen LogP contribution in [0.15, 0.2) is 33.7 Å². The highest BCUT2D eigenvalue weighted by Gasteiger charge is 2.26. The maximum atomic E-state index is 12.7. The zero-order valence-electron chi connectivity index (χ0n) is 14.2. The summed E-state index contributed by atoms with van der Waals surface area (Å²) in [6, 6.07) is 6.71. The van der Waals surface area contributed by atoms with E-state index < -0.39 is 10.0 Å². The van der Waals surface area contributed by atoms with Gasteiger partial charge in [-0.1, -0.05) is 30.1 Å². The number of nitrogens with zero attached hydrogens (tertiary/aromatic N) is 1. The number of hydrogen-bond acceptors (Lipinski definition) is 5.